The molecule has 2 N–H and O–H groups in total. The van der Waals surface area contributed by atoms with Gasteiger partial charge in [-0.05, 0) is 48.2 Å². The second-order valence-corrected chi connectivity index (χ2v) is 9.27. The zero-order chi connectivity index (χ0) is 25.3. The van der Waals surface area contributed by atoms with Crippen LogP contribution in [0.2, 0.25) is 0 Å². The number of hydrogen-bond acceptors (Lipinski definition) is 7. The number of nitrogens with zero attached hydrogens (tertiary/aromatic N) is 4. The average Bonchev–Trinajstić information content (AvgIpc) is 3.66. The van der Waals surface area contributed by atoms with Crippen molar-refractivity contribution in [2.75, 3.05) is 35.8 Å². The maximum Gasteiger partial charge on any atom is 0.247 e. The summed E-state index contributed by atoms with van der Waals surface area (Å²) in [5.74, 6) is 3.06. The predicted molar refractivity (Wildman–Crippen MR) is 138 cm³/mol. The summed E-state index contributed by atoms with van der Waals surface area (Å²) < 4.78 is 0. The van der Waals surface area contributed by atoms with Crippen molar-refractivity contribution >= 4 is 29.2 Å². The third-order valence-corrected chi connectivity index (χ3v) is 7.03. The van der Waals surface area contributed by atoms with Gasteiger partial charge in [-0.3, -0.25) is 4.79 Å². The number of benzene rings is 2. The first kappa shape index (κ1) is 23.3. The lowest BCUT2D eigenvalue weighted by Crippen LogP contribution is -2.37. The number of amides is 1. The summed E-state index contributed by atoms with van der Waals surface area (Å²) in [6.45, 7) is 0.629. The normalized spacial score (nSPS) is 16.1. The van der Waals surface area contributed by atoms with Crippen LogP contribution in [0.1, 0.15) is 35.6 Å². The number of nitrogens with one attached hydrogen (secondary N) is 2. The van der Waals surface area contributed by atoms with Crippen molar-refractivity contribution in [1.29, 1.82) is 5.26 Å². The molecule has 1 saturated carbocycles. The van der Waals surface area contributed by atoms with Crippen LogP contribution in [0.5, 0.6) is 0 Å². The number of fused-ring (bicyclic) bond motifs is 1. The second-order valence-electron chi connectivity index (χ2n) is 9.27. The molecule has 1 unspecified atom stereocenters. The molecule has 2 heterocycles. The molecule has 8 nitrogen and oxygen atoms in total. The first-order valence-electron chi connectivity index (χ1n) is 11.8. The van der Waals surface area contributed by atoms with Crippen molar-refractivity contribution in [2.45, 2.75) is 24.3 Å². The van der Waals surface area contributed by atoms with Crippen LogP contribution in [-0.4, -0.2) is 37.5 Å². The minimum Gasteiger partial charge on any atom is -0.318 e. The molecule has 1 amide bonds. The van der Waals surface area contributed by atoms with E-state index in [9.17, 15) is 9.59 Å². The Kier molecular flexibility index (Phi) is 6.03. The molecule has 0 spiro atoms. The van der Waals surface area contributed by atoms with E-state index in [0.717, 1.165) is 24.1 Å². The Morgan fingerprint density at radius 3 is 2.42 bits per heavy atom. The van der Waals surface area contributed by atoms with E-state index in [-0.39, 0.29) is 11.3 Å². The first-order chi connectivity index (χ1) is 17.5. The van der Waals surface area contributed by atoms with E-state index < -0.39 is 6.04 Å². The van der Waals surface area contributed by atoms with Crippen LogP contribution in [-0.2, 0) is 15.0 Å². The van der Waals surface area contributed by atoms with Crippen molar-refractivity contribution in [2.24, 2.45) is 0 Å². The van der Waals surface area contributed by atoms with Gasteiger partial charge >= 0.3 is 0 Å². The summed E-state index contributed by atoms with van der Waals surface area (Å²) in [7, 11) is 3.52. The minimum atomic E-state index is -0.581. The SMILES string of the molecule is CN1C(=C=O)N(C)c2nc(NC(=O)C(NCC3(c4ccc(C#N)cc4)CC3)c3ccccc3)ccc21. The molecular formula is C28H26N6O2. The predicted octanol–water partition coefficient (Wildman–Crippen LogP) is 3.51. The molecule has 1 aliphatic heterocycles. The smallest absolute Gasteiger partial charge is 0.247 e. The van der Waals surface area contributed by atoms with Gasteiger partial charge in [-0.15, -0.1) is 0 Å². The van der Waals surface area contributed by atoms with Gasteiger partial charge in [0.25, 0.3) is 0 Å². The number of pyridine rings is 1. The van der Waals surface area contributed by atoms with Crippen molar-refractivity contribution < 1.29 is 9.59 Å². The molecule has 36 heavy (non-hydrogen) atoms. The molecule has 0 radical (unpaired) electrons. The molecule has 3 aromatic rings. The van der Waals surface area contributed by atoms with Gasteiger partial charge in [0.2, 0.25) is 11.7 Å². The molecule has 1 atom stereocenters. The van der Waals surface area contributed by atoms with E-state index in [0.29, 0.717) is 29.6 Å². The number of carbonyl (C=O) groups excluding carboxylic acids is 2. The van der Waals surface area contributed by atoms with Gasteiger partial charge in [0.05, 0.1) is 17.3 Å². The standard InChI is InChI=1S/C28H26N6O2/c1-33-22-12-13-23(31-26(22)34(2)24(33)17-35)32-27(36)25(20-6-4-3-5-7-20)30-18-28(14-15-28)21-10-8-19(16-29)9-11-21/h3-13,25,30H,14-15,18H2,1-2H3,(H,31,32,36). The van der Waals surface area contributed by atoms with Gasteiger partial charge in [-0.1, -0.05) is 42.5 Å². The zero-order valence-corrected chi connectivity index (χ0v) is 20.2. The summed E-state index contributed by atoms with van der Waals surface area (Å²) in [6.07, 6.45) is 2.04. The van der Waals surface area contributed by atoms with Gasteiger partial charge < -0.3 is 20.4 Å². The molecule has 180 valence electrons. The van der Waals surface area contributed by atoms with Crippen LogP contribution >= 0.6 is 0 Å². The maximum atomic E-state index is 13.5. The van der Waals surface area contributed by atoms with Crippen molar-refractivity contribution in [3.8, 4) is 6.07 Å². The van der Waals surface area contributed by atoms with Crippen molar-refractivity contribution in [3.05, 3.63) is 89.2 Å². The number of nitriles is 1. The quantitative estimate of drug-likeness (QED) is 0.501. The third kappa shape index (κ3) is 4.22. The lowest BCUT2D eigenvalue weighted by atomic mass is 9.94. The van der Waals surface area contributed by atoms with E-state index in [2.05, 4.69) is 21.7 Å². The molecule has 2 aliphatic rings. The molecule has 0 saturated heterocycles. The Morgan fingerprint density at radius 2 is 1.78 bits per heavy atom. The summed E-state index contributed by atoms with van der Waals surface area (Å²) >= 11 is 0. The summed E-state index contributed by atoms with van der Waals surface area (Å²) in [4.78, 5) is 32.8. The van der Waals surface area contributed by atoms with Gasteiger partial charge in [0, 0.05) is 26.1 Å². The van der Waals surface area contributed by atoms with Gasteiger partial charge in [0.1, 0.15) is 11.9 Å². The summed E-state index contributed by atoms with van der Waals surface area (Å²) in [5, 5.41) is 15.5. The monoisotopic (exact) mass is 478 g/mol. The number of carbonyl (C=O) groups is 1. The third-order valence-electron chi connectivity index (χ3n) is 7.03. The Morgan fingerprint density at radius 1 is 1.06 bits per heavy atom. The molecule has 0 bridgehead atoms. The van der Waals surface area contributed by atoms with Crippen LogP contribution in [0.15, 0.2) is 72.6 Å². The topological polar surface area (TPSA) is 101 Å². The van der Waals surface area contributed by atoms with Gasteiger partial charge in [-0.2, -0.15) is 5.26 Å². The molecular weight excluding hydrogens is 452 g/mol. The highest BCUT2D eigenvalue weighted by molar-refractivity contribution is 5.96. The highest BCUT2D eigenvalue weighted by atomic mass is 16.2. The number of hydrogen-bond donors (Lipinski definition) is 2. The van der Waals surface area contributed by atoms with Gasteiger partial charge in [-0.25, -0.2) is 9.78 Å². The van der Waals surface area contributed by atoms with E-state index in [4.69, 9.17) is 5.26 Å². The van der Waals surface area contributed by atoms with E-state index in [1.54, 1.807) is 30.0 Å². The van der Waals surface area contributed by atoms with Crippen LogP contribution < -0.4 is 20.4 Å². The van der Waals surface area contributed by atoms with Gasteiger partial charge in [0.15, 0.2) is 11.8 Å². The van der Waals surface area contributed by atoms with E-state index in [1.165, 1.54) is 5.56 Å². The highest BCUT2D eigenvalue weighted by Gasteiger charge is 2.44. The molecule has 2 aromatic carbocycles. The fraction of sp³-hybridized carbons (Fsp3) is 0.250. The number of aromatic nitrogens is 1. The number of rotatable bonds is 7. The molecule has 8 heteroatoms. The largest absolute Gasteiger partial charge is 0.318 e. The molecule has 5 rings (SSSR count). The Bertz CT molecular complexity index is 1390. The first-order valence-corrected chi connectivity index (χ1v) is 11.8. The molecule has 1 aromatic heterocycles. The fourth-order valence-corrected chi connectivity index (χ4v) is 4.72. The van der Waals surface area contributed by atoms with Crippen LogP contribution in [0.25, 0.3) is 0 Å². The molecule has 1 aliphatic carbocycles. The Labute approximate surface area is 209 Å². The van der Waals surface area contributed by atoms with E-state index >= 15 is 0 Å². The lowest BCUT2D eigenvalue weighted by Gasteiger charge is -2.23. The molecule has 1 fully saturated rings. The maximum absolute atomic E-state index is 13.5. The summed E-state index contributed by atoms with van der Waals surface area (Å²) in [6, 6.07) is 22.4. The highest BCUT2D eigenvalue weighted by Crippen LogP contribution is 2.48. The minimum absolute atomic E-state index is 0.0437. The fourth-order valence-electron chi connectivity index (χ4n) is 4.72. The van der Waals surface area contributed by atoms with Crippen molar-refractivity contribution in [1.82, 2.24) is 10.3 Å². The summed E-state index contributed by atoms with van der Waals surface area (Å²) in [5.41, 5.74) is 3.39. The lowest BCUT2D eigenvalue weighted by molar-refractivity contribution is -0.118. The van der Waals surface area contributed by atoms with Crippen molar-refractivity contribution in [3.63, 3.8) is 0 Å². The second kappa shape index (κ2) is 9.31. The van der Waals surface area contributed by atoms with Crippen LogP contribution in [0.4, 0.5) is 17.3 Å². The zero-order valence-electron chi connectivity index (χ0n) is 20.2. The van der Waals surface area contributed by atoms with Crippen LogP contribution in [0.3, 0.4) is 0 Å². The average molecular weight is 479 g/mol. The van der Waals surface area contributed by atoms with E-state index in [1.807, 2.05) is 66.6 Å². The van der Waals surface area contributed by atoms with Crippen LogP contribution in [0, 0.1) is 11.3 Å². The Hall–Kier alpha value is -4.44. The Balaban J connectivity index is 1.36. The number of anilines is 3.